The molecular formula is C23H22N6O3. The summed E-state index contributed by atoms with van der Waals surface area (Å²) >= 11 is 0. The van der Waals surface area contributed by atoms with Crippen LogP contribution in [0.25, 0.3) is 11.0 Å². The van der Waals surface area contributed by atoms with Crippen LogP contribution >= 0.6 is 0 Å². The van der Waals surface area contributed by atoms with Crippen molar-refractivity contribution in [3.8, 4) is 17.6 Å². The Morgan fingerprint density at radius 2 is 2.09 bits per heavy atom. The van der Waals surface area contributed by atoms with Crippen LogP contribution in [0.3, 0.4) is 0 Å². The minimum absolute atomic E-state index is 0.0626. The van der Waals surface area contributed by atoms with E-state index in [1.54, 1.807) is 27.8 Å². The Balaban J connectivity index is 1.76. The number of hydrogen-bond acceptors (Lipinski definition) is 7. The summed E-state index contributed by atoms with van der Waals surface area (Å²) in [6.07, 6.45) is 3.42. The van der Waals surface area contributed by atoms with Crippen LogP contribution in [0, 0.1) is 11.8 Å². The van der Waals surface area contributed by atoms with Crippen molar-refractivity contribution >= 4 is 28.5 Å². The van der Waals surface area contributed by atoms with Crippen LogP contribution < -0.4 is 10.5 Å². The number of aromatic nitrogens is 4. The van der Waals surface area contributed by atoms with Gasteiger partial charge < -0.3 is 15.4 Å². The Labute approximate surface area is 184 Å². The minimum Gasteiger partial charge on any atom is -0.497 e. The third-order valence-electron chi connectivity index (χ3n) is 5.39. The first-order valence-electron chi connectivity index (χ1n) is 10.0. The molecule has 9 nitrogen and oxygen atoms in total. The van der Waals surface area contributed by atoms with E-state index < -0.39 is 0 Å². The van der Waals surface area contributed by atoms with Crippen molar-refractivity contribution in [1.29, 1.82) is 0 Å². The number of carbonyl (C=O) groups excluding carboxylic acids is 2. The Hall–Kier alpha value is -4.19. The van der Waals surface area contributed by atoms with E-state index in [0.717, 1.165) is 6.42 Å². The Bertz CT molecular complexity index is 1300. The molecule has 1 fully saturated rings. The summed E-state index contributed by atoms with van der Waals surface area (Å²) in [6, 6.07) is 5.05. The van der Waals surface area contributed by atoms with Crippen LogP contribution in [0.1, 0.15) is 41.0 Å². The summed E-state index contributed by atoms with van der Waals surface area (Å²) in [4.78, 5) is 34.0. The number of amides is 1. The van der Waals surface area contributed by atoms with E-state index in [1.165, 1.54) is 26.4 Å². The van der Waals surface area contributed by atoms with E-state index in [0.29, 0.717) is 46.7 Å². The van der Waals surface area contributed by atoms with Crippen molar-refractivity contribution in [2.45, 2.75) is 19.4 Å². The molecule has 3 heterocycles. The lowest BCUT2D eigenvalue weighted by atomic mass is 10.1. The maximum atomic E-state index is 12.0. The zero-order valence-electron chi connectivity index (χ0n) is 17.8. The number of Topliss-reactive ketones (excluding diaryl/α,β-unsaturated/α-hetero) is 1. The monoisotopic (exact) mass is 430 g/mol. The Morgan fingerprint density at radius 1 is 1.28 bits per heavy atom. The van der Waals surface area contributed by atoms with Crippen LogP contribution in [-0.4, -0.2) is 56.5 Å². The summed E-state index contributed by atoms with van der Waals surface area (Å²) in [5.74, 6) is 6.71. The van der Waals surface area contributed by atoms with Crippen molar-refractivity contribution in [3.05, 3.63) is 54.0 Å². The van der Waals surface area contributed by atoms with Crippen LogP contribution in [-0.2, 0) is 4.79 Å². The second-order valence-corrected chi connectivity index (χ2v) is 7.44. The number of likely N-dealkylation sites (tertiary alicyclic amines) is 1. The molecule has 162 valence electrons. The first-order valence-corrected chi connectivity index (χ1v) is 10.0. The van der Waals surface area contributed by atoms with Crippen LogP contribution in [0.2, 0.25) is 0 Å². The van der Waals surface area contributed by atoms with Gasteiger partial charge in [-0.25, -0.2) is 14.6 Å². The van der Waals surface area contributed by atoms with Gasteiger partial charge in [0, 0.05) is 24.2 Å². The number of carbonyl (C=O) groups is 2. The van der Waals surface area contributed by atoms with E-state index >= 15 is 0 Å². The molecule has 1 aromatic carbocycles. The third kappa shape index (κ3) is 3.90. The Kier molecular flexibility index (Phi) is 5.60. The number of anilines is 1. The second-order valence-electron chi connectivity index (χ2n) is 7.44. The summed E-state index contributed by atoms with van der Waals surface area (Å²) in [7, 11) is 1.53. The number of fused-ring (bicyclic) bond motifs is 1. The number of benzene rings is 1. The highest BCUT2D eigenvalue weighted by atomic mass is 16.5. The molecule has 1 saturated heterocycles. The molecule has 0 unspecified atom stereocenters. The van der Waals surface area contributed by atoms with Crippen molar-refractivity contribution in [1.82, 2.24) is 24.6 Å². The summed E-state index contributed by atoms with van der Waals surface area (Å²) < 4.78 is 7.04. The van der Waals surface area contributed by atoms with Gasteiger partial charge in [0.05, 0.1) is 18.5 Å². The molecule has 0 saturated carbocycles. The molecule has 9 heteroatoms. The van der Waals surface area contributed by atoms with Crippen LogP contribution in [0.4, 0.5) is 5.82 Å². The van der Waals surface area contributed by atoms with Gasteiger partial charge in [0.25, 0.3) is 0 Å². The standard InChI is InChI=1S/C23H22N6O3/c1-4-20(31)28-8-7-17(12-28)29-23-21(22(24)25-13-26-23)19(27-29)6-5-15-9-16(14(2)30)11-18(10-15)32-3/h4,9-11,13,17H,1,7-8,12H2,2-3H3,(H2,24,25,26)/t17-/m0/s1. The highest BCUT2D eigenvalue weighted by Crippen LogP contribution is 2.28. The smallest absolute Gasteiger partial charge is 0.246 e. The number of nitrogens with two attached hydrogens (primary N) is 1. The minimum atomic E-state index is -0.114. The average Bonchev–Trinajstić information content (AvgIpc) is 3.42. The summed E-state index contributed by atoms with van der Waals surface area (Å²) in [5, 5.41) is 5.22. The van der Waals surface area contributed by atoms with Gasteiger partial charge in [-0.05, 0) is 43.5 Å². The fraction of sp³-hybridized carbons (Fsp3) is 0.261. The third-order valence-corrected chi connectivity index (χ3v) is 5.39. The topological polar surface area (TPSA) is 116 Å². The number of nitrogen functional groups attached to an aromatic ring is 1. The zero-order valence-corrected chi connectivity index (χ0v) is 17.8. The van der Waals surface area contributed by atoms with Crippen LogP contribution in [0.15, 0.2) is 37.2 Å². The molecule has 32 heavy (non-hydrogen) atoms. The molecule has 2 N–H and O–H groups in total. The first-order chi connectivity index (χ1) is 15.4. The first kappa shape index (κ1) is 21.1. The van der Waals surface area contributed by atoms with Gasteiger partial charge in [-0.3, -0.25) is 9.59 Å². The Morgan fingerprint density at radius 3 is 2.81 bits per heavy atom. The molecule has 4 rings (SSSR count). The van der Waals surface area contributed by atoms with Gasteiger partial charge >= 0.3 is 0 Å². The molecule has 3 aromatic rings. The molecular weight excluding hydrogens is 408 g/mol. The lowest BCUT2D eigenvalue weighted by molar-refractivity contribution is -0.125. The molecule has 0 bridgehead atoms. The number of hydrogen-bond donors (Lipinski definition) is 1. The molecule has 0 radical (unpaired) electrons. The molecule has 1 amide bonds. The van der Waals surface area contributed by atoms with Crippen molar-refractivity contribution in [3.63, 3.8) is 0 Å². The maximum Gasteiger partial charge on any atom is 0.246 e. The van der Waals surface area contributed by atoms with E-state index in [1.807, 2.05) is 0 Å². The number of rotatable bonds is 4. The van der Waals surface area contributed by atoms with Crippen LogP contribution in [0.5, 0.6) is 5.75 Å². The largest absolute Gasteiger partial charge is 0.497 e. The fourth-order valence-electron chi connectivity index (χ4n) is 3.73. The van der Waals surface area contributed by atoms with E-state index in [4.69, 9.17) is 10.5 Å². The molecule has 0 aliphatic carbocycles. The molecule has 0 spiro atoms. The highest BCUT2D eigenvalue weighted by molar-refractivity contribution is 5.95. The molecule has 1 aliphatic heterocycles. The van der Waals surface area contributed by atoms with Gasteiger partial charge in [0.1, 0.15) is 23.6 Å². The van der Waals surface area contributed by atoms with E-state index in [-0.39, 0.29) is 23.6 Å². The molecule has 1 aliphatic rings. The summed E-state index contributed by atoms with van der Waals surface area (Å²) in [6.45, 7) is 6.14. The quantitative estimate of drug-likeness (QED) is 0.382. The number of nitrogens with zero attached hydrogens (tertiary/aromatic N) is 5. The second kappa shape index (κ2) is 8.51. The average molecular weight is 430 g/mol. The number of ketones is 1. The van der Waals surface area contributed by atoms with Gasteiger partial charge in [-0.15, -0.1) is 0 Å². The number of methoxy groups -OCH3 is 1. The van der Waals surface area contributed by atoms with E-state index in [2.05, 4.69) is 33.5 Å². The normalized spacial score (nSPS) is 15.3. The highest BCUT2D eigenvalue weighted by Gasteiger charge is 2.29. The van der Waals surface area contributed by atoms with Crippen molar-refractivity contribution in [2.24, 2.45) is 0 Å². The molecule has 1 atom stereocenters. The maximum absolute atomic E-state index is 12.0. The van der Waals surface area contributed by atoms with E-state index in [9.17, 15) is 9.59 Å². The lowest BCUT2D eigenvalue weighted by Crippen LogP contribution is -2.27. The van der Waals surface area contributed by atoms with Gasteiger partial charge in [-0.1, -0.05) is 12.5 Å². The predicted octanol–water partition coefficient (Wildman–Crippen LogP) is 1.98. The van der Waals surface area contributed by atoms with Gasteiger partial charge in [-0.2, -0.15) is 5.10 Å². The SMILES string of the molecule is C=CC(=O)N1CC[C@H](n2nc(C#Cc3cc(OC)cc(C(C)=O)c3)c3c(N)ncnc32)C1. The predicted molar refractivity (Wildman–Crippen MR) is 119 cm³/mol. The lowest BCUT2D eigenvalue weighted by Gasteiger charge is -2.14. The van der Waals surface area contributed by atoms with Gasteiger partial charge in [0.15, 0.2) is 11.4 Å². The summed E-state index contributed by atoms with van der Waals surface area (Å²) in [5.41, 5.74) is 8.24. The molecule has 2 aromatic heterocycles. The fourth-order valence-corrected chi connectivity index (χ4v) is 3.73. The van der Waals surface area contributed by atoms with Crippen molar-refractivity contribution < 1.29 is 14.3 Å². The zero-order chi connectivity index (χ0) is 22.8. The number of ether oxygens (including phenoxy) is 1. The van der Waals surface area contributed by atoms with Crippen molar-refractivity contribution in [2.75, 3.05) is 25.9 Å². The van der Waals surface area contributed by atoms with Gasteiger partial charge in [0.2, 0.25) is 5.91 Å².